The molecule has 1 aliphatic heterocycles. The van der Waals surface area contributed by atoms with Crippen LogP contribution in [-0.2, 0) is 6.42 Å². The molecular weight excluding hydrogens is 274 g/mol. The van der Waals surface area contributed by atoms with Crippen molar-refractivity contribution >= 4 is 23.2 Å². The lowest BCUT2D eigenvalue weighted by Gasteiger charge is -2.19. The third-order valence-corrected chi connectivity index (χ3v) is 3.76. The highest BCUT2D eigenvalue weighted by Crippen LogP contribution is 2.31. The first kappa shape index (κ1) is 13.0. The molecule has 0 saturated heterocycles. The molecule has 1 amide bonds. The zero-order valence-corrected chi connectivity index (χ0v) is 11.9. The minimum Gasteiger partial charge on any atom is -0.496 e. The number of hydrogen-bond donors (Lipinski definition) is 0. The molecule has 3 nitrogen and oxygen atoms in total. The molecule has 3 rings (SSSR count). The van der Waals surface area contributed by atoms with E-state index in [0.29, 0.717) is 22.9 Å². The first-order valence-corrected chi connectivity index (χ1v) is 6.82. The van der Waals surface area contributed by atoms with Crippen LogP contribution in [0.2, 0.25) is 5.02 Å². The summed E-state index contributed by atoms with van der Waals surface area (Å²) in [7, 11) is 1.55. The summed E-state index contributed by atoms with van der Waals surface area (Å²) >= 11 is 6.00. The van der Waals surface area contributed by atoms with Crippen LogP contribution in [0.5, 0.6) is 5.75 Å². The molecule has 20 heavy (non-hydrogen) atoms. The molecule has 1 aliphatic rings. The predicted molar refractivity (Wildman–Crippen MR) is 79.8 cm³/mol. The van der Waals surface area contributed by atoms with Gasteiger partial charge < -0.3 is 9.64 Å². The molecule has 0 unspecified atom stereocenters. The molecular formula is C16H14ClNO2. The Morgan fingerprint density at radius 2 is 2.05 bits per heavy atom. The van der Waals surface area contributed by atoms with E-state index in [4.69, 9.17) is 16.3 Å². The number of nitrogens with zero attached hydrogens (tertiary/aromatic N) is 1. The van der Waals surface area contributed by atoms with Gasteiger partial charge in [-0.25, -0.2) is 0 Å². The number of amides is 1. The van der Waals surface area contributed by atoms with Gasteiger partial charge in [-0.05, 0) is 36.2 Å². The smallest absolute Gasteiger partial charge is 0.262 e. The van der Waals surface area contributed by atoms with Gasteiger partial charge in [0.1, 0.15) is 5.75 Å². The zero-order valence-electron chi connectivity index (χ0n) is 11.1. The molecule has 0 aliphatic carbocycles. The van der Waals surface area contributed by atoms with Crippen LogP contribution in [0.3, 0.4) is 0 Å². The highest BCUT2D eigenvalue weighted by Gasteiger charge is 2.27. The van der Waals surface area contributed by atoms with Crippen molar-refractivity contribution in [1.29, 1.82) is 0 Å². The summed E-state index contributed by atoms with van der Waals surface area (Å²) in [6.07, 6.45) is 0.880. The third kappa shape index (κ3) is 2.14. The maximum Gasteiger partial charge on any atom is 0.262 e. The first-order valence-electron chi connectivity index (χ1n) is 6.44. The molecule has 0 N–H and O–H groups in total. The van der Waals surface area contributed by atoms with E-state index in [2.05, 4.69) is 6.07 Å². The normalized spacial score (nSPS) is 13.2. The number of benzene rings is 2. The van der Waals surface area contributed by atoms with E-state index in [9.17, 15) is 4.79 Å². The maximum atomic E-state index is 12.7. The number of fused-ring (bicyclic) bond motifs is 1. The van der Waals surface area contributed by atoms with Gasteiger partial charge >= 0.3 is 0 Å². The summed E-state index contributed by atoms with van der Waals surface area (Å²) in [6, 6.07) is 13.1. The van der Waals surface area contributed by atoms with Crippen LogP contribution in [0.4, 0.5) is 5.69 Å². The van der Waals surface area contributed by atoms with Gasteiger partial charge in [-0.1, -0.05) is 29.8 Å². The second-order valence-corrected chi connectivity index (χ2v) is 5.12. The highest BCUT2D eigenvalue weighted by molar-refractivity contribution is 6.31. The van der Waals surface area contributed by atoms with E-state index in [1.54, 1.807) is 30.2 Å². The minimum absolute atomic E-state index is 0.0747. The maximum absolute atomic E-state index is 12.7. The summed E-state index contributed by atoms with van der Waals surface area (Å²) in [5.41, 5.74) is 2.66. The average molecular weight is 288 g/mol. The first-order chi connectivity index (χ1) is 9.70. The Bertz CT molecular complexity index is 669. The summed E-state index contributed by atoms with van der Waals surface area (Å²) in [5.74, 6) is 0.470. The molecule has 1 heterocycles. The second-order valence-electron chi connectivity index (χ2n) is 4.68. The van der Waals surface area contributed by atoms with Gasteiger partial charge in [0.15, 0.2) is 0 Å². The van der Waals surface area contributed by atoms with Crippen LogP contribution in [-0.4, -0.2) is 19.6 Å². The van der Waals surface area contributed by atoms with Gasteiger partial charge in [-0.2, -0.15) is 0 Å². The Labute approximate surface area is 122 Å². The summed E-state index contributed by atoms with van der Waals surface area (Å²) in [5, 5.41) is 0.529. The van der Waals surface area contributed by atoms with Crippen molar-refractivity contribution in [3.63, 3.8) is 0 Å². The van der Waals surface area contributed by atoms with E-state index in [1.807, 2.05) is 18.2 Å². The molecule has 4 heteroatoms. The van der Waals surface area contributed by atoms with Crippen molar-refractivity contribution in [1.82, 2.24) is 0 Å². The summed E-state index contributed by atoms with van der Waals surface area (Å²) in [6.45, 7) is 0.688. The van der Waals surface area contributed by atoms with Crippen molar-refractivity contribution < 1.29 is 9.53 Å². The van der Waals surface area contributed by atoms with E-state index in [1.165, 1.54) is 5.56 Å². The summed E-state index contributed by atoms with van der Waals surface area (Å²) in [4.78, 5) is 14.5. The van der Waals surface area contributed by atoms with Crippen molar-refractivity contribution in [2.24, 2.45) is 0 Å². The monoisotopic (exact) mass is 287 g/mol. The lowest BCUT2D eigenvalue weighted by molar-refractivity contribution is 0.0986. The molecule has 0 fully saturated rings. The van der Waals surface area contributed by atoms with Gasteiger partial charge in [0.25, 0.3) is 5.91 Å². The fourth-order valence-electron chi connectivity index (χ4n) is 2.54. The van der Waals surface area contributed by atoms with Gasteiger partial charge in [-0.3, -0.25) is 4.79 Å². The lowest BCUT2D eigenvalue weighted by Crippen LogP contribution is -2.29. The standard InChI is InChI=1S/C16H14ClNO2/c1-20-15-7-6-12(17)10-13(15)16(19)18-9-8-11-4-2-3-5-14(11)18/h2-7,10H,8-9H2,1H3. The van der Waals surface area contributed by atoms with E-state index in [0.717, 1.165) is 12.1 Å². The molecule has 0 aromatic heterocycles. The fourth-order valence-corrected chi connectivity index (χ4v) is 2.71. The van der Waals surface area contributed by atoms with Gasteiger partial charge in [0.2, 0.25) is 0 Å². The number of carbonyl (C=O) groups excluding carboxylic acids is 1. The van der Waals surface area contributed by atoms with Crippen molar-refractivity contribution in [2.75, 3.05) is 18.6 Å². The molecule has 0 bridgehead atoms. The van der Waals surface area contributed by atoms with Crippen molar-refractivity contribution in [2.45, 2.75) is 6.42 Å². The van der Waals surface area contributed by atoms with Crippen LogP contribution in [0.25, 0.3) is 0 Å². The van der Waals surface area contributed by atoms with Gasteiger partial charge in [0, 0.05) is 17.3 Å². The zero-order chi connectivity index (χ0) is 14.1. The molecule has 2 aromatic rings. The Kier molecular flexibility index (Phi) is 3.36. The van der Waals surface area contributed by atoms with E-state index < -0.39 is 0 Å². The Morgan fingerprint density at radius 3 is 2.85 bits per heavy atom. The number of rotatable bonds is 2. The SMILES string of the molecule is COc1ccc(Cl)cc1C(=O)N1CCc2ccccc21. The molecule has 0 atom stereocenters. The Balaban J connectivity index is 2.00. The molecule has 102 valence electrons. The lowest BCUT2D eigenvalue weighted by atomic mass is 10.1. The summed E-state index contributed by atoms with van der Waals surface area (Å²) < 4.78 is 5.26. The topological polar surface area (TPSA) is 29.5 Å². The van der Waals surface area contributed by atoms with Gasteiger partial charge in [-0.15, -0.1) is 0 Å². The van der Waals surface area contributed by atoms with Crippen LogP contribution in [0, 0.1) is 0 Å². The predicted octanol–water partition coefficient (Wildman–Crippen LogP) is 3.55. The minimum atomic E-state index is -0.0747. The van der Waals surface area contributed by atoms with Gasteiger partial charge in [0.05, 0.1) is 12.7 Å². The van der Waals surface area contributed by atoms with E-state index in [-0.39, 0.29) is 5.91 Å². The quantitative estimate of drug-likeness (QED) is 0.845. The largest absolute Gasteiger partial charge is 0.496 e. The highest BCUT2D eigenvalue weighted by atomic mass is 35.5. The second kappa shape index (κ2) is 5.17. The number of halogens is 1. The third-order valence-electron chi connectivity index (χ3n) is 3.52. The number of hydrogen-bond acceptors (Lipinski definition) is 2. The Morgan fingerprint density at radius 1 is 1.25 bits per heavy atom. The number of para-hydroxylation sites is 1. The van der Waals surface area contributed by atoms with Crippen LogP contribution in [0.1, 0.15) is 15.9 Å². The molecule has 2 aromatic carbocycles. The van der Waals surface area contributed by atoms with Crippen LogP contribution >= 0.6 is 11.6 Å². The average Bonchev–Trinajstić information content (AvgIpc) is 2.90. The Hall–Kier alpha value is -2.00. The van der Waals surface area contributed by atoms with Crippen LogP contribution in [0.15, 0.2) is 42.5 Å². The number of carbonyl (C=O) groups is 1. The number of anilines is 1. The molecule has 0 radical (unpaired) electrons. The van der Waals surface area contributed by atoms with Crippen molar-refractivity contribution in [3.8, 4) is 5.75 Å². The van der Waals surface area contributed by atoms with Crippen molar-refractivity contribution in [3.05, 3.63) is 58.6 Å². The number of ether oxygens (including phenoxy) is 1. The molecule has 0 saturated carbocycles. The van der Waals surface area contributed by atoms with Crippen LogP contribution < -0.4 is 9.64 Å². The fraction of sp³-hybridized carbons (Fsp3) is 0.188. The number of methoxy groups -OCH3 is 1. The molecule has 0 spiro atoms. The van der Waals surface area contributed by atoms with E-state index >= 15 is 0 Å².